The second-order valence-corrected chi connectivity index (χ2v) is 27.4. The number of ketones is 1. The van der Waals surface area contributed by atoms with Crippen LogP contribution in [0.2, 0.25) is 10.0 Å². The second kappa shape index (κ2) is 49.3. The standard InChI is InChI=1S/C28H24ClNO3.C28H22ClNO3.C20H25NO2.C18H20O4.CH4.BF3.ClH.FH.Ru/c2*1-33-28(32)25-8-3-2-6-20(25)12-16-27(31)22-7-4-5-19(17-22)9-14-24-15-11-21-10-13-23(29)18-26(21)30-24;1-14(2)19(21)20(3,15-6-10-17(22-4)11-7-15)16-8-12-18(23-5)13-9-16;1-11-7-13(19-3)9-15(21-5)17(11)18-12(2)8-14(20-4)10-16(18)22-6;;2-1(3)4;;;/h2-11,13-15,17-18,27,31H,12,16H2,1H3;2-11,13-15,17-18H,12,16H2,1H3;6-14,19,21H,3H2,1-2,4-5H3;7-10H,1-2H2,3-6H3;1H4;;2*1H;/q;;2*-2;;;;;+2/p-2/b2*14-9+;;;;;;;/t27-;;19-;;;;;;/m0.1....../s1. The number of ether oxygens (including phenoxy) is 8. The van der Waals surface area contributed by atoms with E-state index >= 15 is 0 Å². The summed E-state index contributed by atoms with van der Waals surface area (Å²) in [4.78, 5) is 46.0. The average Bonchev–Trinajstić information content (AvgIpc) is 0.774. The van der Waals surface area contributed by atoms with Gasteiger partial charge in [0.2, 0.25) is 0 Å². The number of hydrogen-bond donors (Lipinski definition) is 1. The Hall–Kier alpha value is -11.2. The number of aromatic nitrogens is 2. The molecule has 0 bridgehead atoms. The Morgan fingerprint density at radius 2 is 0.916 bits per heavy atom. The summed E-state index contributed by atoms with van der Waals surface area (Å²) in [7, 11) is 13.4. The zero-order valence-corrected chi connectivity index (χ0v) is 70.8. The van der Waals surface area contributed by atoms with Crippen LogP contribution >= 0.6 is 32.9 Å². The smallest absolute Gasteiger partial charge is 1.00 e. The van der Waals surface area contributed by atoms with Crippen LogP contribution in [0.4, 0.5) is 12.9 Å². The summed E-state index contributed by atoms with van der Waals surface area (Å²) in [5.74, 6) is 3.71. The van der Waals surface area contributed by atoms with Crippen LogP contribution in [0.3, 0.4) is 0 Å². The Labute approximate surface area is 719 Å². The Kier molecular flexibility index (Phi) is 40.8. The van der Waals surface area contributed by atoms with E-state index in [1.165, 1.54) is 14.2 Å². The van der Waals surface area contributed by atoms with Crippen molar-refractivity contribution in [3.8, 4) is 45.6 Å². The topological polar surface area (TPSA) is 195 Å². The van der Waals surface area contributed by atoms with Gasteiger partial charge in [0, 0.05) is 32.8 Å². The number of hydrogen-bond acceptors (Lipinski definition) is 14. The number of aliphatic hydroxyl groups is 1. The summed E-state index contributed by atoms with van der Waals surface area (Å²) in [5, 5.41) is 14.1. The normalized spacial score (nSPS) is 11.1. The number of fused-ring (bicyclic) bond motifs is 2. The number of nitrogens with one attached hydrogen (secondary N) is 1. The van der Waals surface area contributed by atoms with Crippen molar-refractivity contribution in [1.82, 2.24) is 9.97 Å². The Morgan fingerprint density at radius 1 is 0.513 bits per heavy atom. The van der Waals surface area contributed by atoms with Crippen molar-refractivity contribution >= 4 is 104 Å². The Bertz CT molecular complexity index is 5230. The first-order valence-corrected chi connectivity index (χ1v) is 39.6. The average molecular weight is 1770 g/mol. The molecule has 0 aliphatic rings. The van der Waals surface area contributed by atoms with E-state index in [-0.39, 0.29) is 35.8 Å². The summed E-state index contributed by atoms with van der Waals surface area (Å²) < 4.78 is 70.7. The van der Waals surface area contributed by atoms with E-state index < -0.39 is 25.0 Å². The molecule has 626 valence electrons. The number of aliphatic hydroxyl groups excluding tert-OH is 1. The number of nitrogens with zero attached hydrogens (tertiary/aromatic N) is 2. The third-order valence-electron chi connectivity index (χ3n) is 18.8. The molecule has 10 aromatic carbocycles. The number of esters is 2. The molecule has 0 unspecified atom stereocenters. The van der Waals surface area contributed by atoms with Crippen molar-refractivity contribution in [1.29, 1.82) is 0 Å². The van der Waals surface area contributed by atoms with Crippen LogP contribution in [0.5, 0.6) is 34.5 Å². The van der Waals surface area contributed by atoms with Gasteiger partial charge in [-0.3, -0.25) is 17.7 Å². The number of carbonyl (C=O) groups excluding carboxylic acids is 3. The summed E-state index contributed by atoms with van der Waals surface area (Å²) >= 11 is 14.0. The predicted molar refractivity (Wildman–Crippen MR) is 469 cm³/mol. The van der Waals surface area contributed by atoms with E-state index in [0.717, 1.165) is 106 Å². The van der Waals surface area contributed by atoms with Gasteiger partial charge in [-0.2, -0.15) is 31.0 Å². The van der Waals surface area contributed by atoms with Gasteiger partial charge < -0.3 is 60.4 Å². The van der Waals surface area contributed by atoms with Crippen molar-refractivity contribution in [3.63, 3.8) is 0 Å². The van der Waals surface area contributed by atoms with E-state index in [1.807, 2.05) is 248 Å². The number of carbonyl (C=O) groups is 3. The second-order valence-electron chi connectivity index (χ2n) is 26.5. The SMILES string of the molecule is C.COC(=O)c1ccccc1CCC(=O)c1cccc(/C=C/c2ccc3ccc(Cl)cc3n2)c1.COC(=O)c1ccccc1CC[C@H](O)c1cccc(/C=C/c2ccc3ccc(Cl)cc3n2)c1.FB(F)F.[CH2-]C(c1ccc(OC)cc1)(c1ccc(OC)cc1)[C@H]([NH-])C(C)C.[CH2-]c1cc(OC)cc(OC)c1-c1c([CH2-])cc(OC)cc1OC.[Cl][Ru+].[F-]. The van der Waals surface area contributed by atoms with Crippen molar-refractivity contribution in [2.24, 2.45) is 5.92 Å². The van der Waals surface area contributed by atoms with Crippen LogP contribution in [0, 0.1) is 26.7 Å². The van der Waals surface area contributed by atoms with Crippen LogP contribution < -0.4 is 33.1 Å². The molecule has 0 fully saturated rings. The molecule has 2 heterocycles. The first-order valence-electron chi connectivity index (χ1n) is 36.6. The molecule has 15 nitrogen and oxygen atoms in total. The monoisotopic (exact) mass is 1760 g/mol. The minimum Gasteiger partial charge on any atom is -1.00 e. The van der Waals surface area contributed by atoms with Crippen LogP contribution in [-0.2, 0) is 45.0 Å². The van der Waals surface area contributed by atoms with Gasteiger partial charge in [-0.05, 0) is 156 Å². The zero-order chi connectivity index (χ0) is 85.3. The largest absolute Gasteiger partial charge is 1.00 e. The van der Waals surface area contributed by atoms with E-state index in [1.54, 1.807) is 66.9 Å². The fourth-order valence-corrected chi connectivity index (χ4v) is 13.0. The number of pyridine rings is 2. The number of methoxy groups -OCH3 is 8. The molecule has 2 atom stereocenters. The fraction of sp³-hybridized carbons (Fsp3) is 0.200. The number of rotatable bonds is 25. The van der Waals surface area contributed by atoms with Gasteiger partial charge in [0.05, 0.1) is 120 Å². The summed E-state index contributed by atoms with van der Waals surface area (Å²) in [5.41, 5.74) is 22.6. The van der Waals surface area contributed by atoms with Crippen molar-refractivity contribution in [2.75, 3.05) is 56.9 Å². The molecule has 0 spiro atoms. The summed E-state index contributed by atoms with van der Waals surface area (Å²) in [6.07, 6.45) is 8.94. The van der Waals surface area contributed by atoms with E-state index in [2.05, 4.69) is 54.3 Å². The molecule has 0 saturated carbocycles. The maximum Gasteiger partial charge on any atom is -1.00 e. The molecule has 119 heavy (non-hydrogen) atoms. The molecule has 0 amide bonds. The zero-order valence-electron chi connectivity index (χ0n) is 66.8. The van der Waals surface area contributed by atoms with Gasteiger partial charge in [-0.25, -0.2) is 19.6 Å². The summed E-state index contributed by atoms with van der Waals surface area (Å²) in [6.45, 7) is 16.8. The molecule has 0 saturated heterocycles. The van der Waals surface area contributed by atoms with Crippen LogP contribution in [-0.4, -0.2) is 103 Å². The van der Waals surface area contributed by atoms with Crippen molar-refractivity contribution in [3.05, 3.63) is 345 Å². The van der Waals surface area contributed by atoms with Gasteiger partial charge in [0.15, 0.2) is 5.78 Å². The molecule has 0 aliphatic carbocycles. The van der Waals surface area contributed by atoms with Gasteiger partial charge >= 0.3 is 46.5 Å². The van der Waals surface area contributed by atoms with E-state index in [9.17, 15) is 32.4 Å². The van der Waals surface area contributed by atoms with Gasteiger partial charge in [0.25, 0.3) is 0 Å². The molecular weight excluding hydrogens is 1670 g/mol. The molecule has 0 radical (unpaired) electrons. The molecule has 24 heteroatoms. The fourth-order valence-electron chi connectivity index (χ4n) is 12.7. The summed E-state index contributed by atoms with van der Waals surface area (Å²) in [6, 6.07) is 71.6. The van der Waals surface area contributed by atoms with Crippen molar-refractivity contribution < 1.29 is 92.3 Å². The Morgan fingerprint density at radius 3 is 1.33 bits per heavy atom. The molecule has 12 aromatic rings. The first-order chi connectivity index (χ1) is 56.3. The number of halogens is 7. The predicted octanol–water partition coefficient (Wildman–Crippen LogP) is 21.0. The third kappa shape index (κ3) is 28.0. The maximum atomic E-state index is 12.8. The molecule has 2 aromatic heterocycles. The van der Waals surface area contributed by atoms with E-state index in [4.69, 9.17) is 66.8 Å². The number of benzene rings is 10. The third-order valence-corrected chi connectivity index (χ3v) is 19.3. The van der Waals surface area contributed by atoms with Crippen LogP contribution in [0.25, 0.3) is 63.0 Å². The molecular formula is C95H95BCl3F4N3O12Ru-4. The Balaban J connectivity index is 0.000000279. The van der Waals surface area contributed by atoms with Crippen molar-refractivity contribution in [2.45, 2.75) is 64.5 Å². The quantitative estimate of drug-likeness (QED) is 0.0187. The van der Waals surface area contributed by atoms with Crippen LogP contribution in [0.15, 0.2) is 231 Å². The minimum absolute atomic E-state index is 0. The first kappa shape index (κ1) is 98.4. The minimum atomic E-state index is -3.67. The number of Topliss-reactive ketones (excluding diaryl/α,β-unsaturated/α-hetero) is 1. The molecule has 12 rings (SSSR count). The number of aryl methyl sites for hydroxylation is 2. The molecule has 0 aliphatic heterocycles. The molecule has 2 N–H and O–H groups in total. The van der Waals surface area contributed by atoms with E-state index in [0.29, 0.717) is 75.4 Å². The van der Waals surface area contributed by atoms with Gasteiger partial charge in [-0.15, -0.1) is 28.7 Å². The van der Waals surface area contributed by atoms with Gasteiger partial charge in [0.1, 0.15) is 11.5 Å². The maximum absolute atomic E-state index is 12.8. The van der Waals surface area contributed by atoms with Gasteiger partial charge in [-0.1, -0.05) is 195 Å². The van der Waals surface area contributed by atoms with Crippen LogP contribution in [0.1, 0.15) is 133 Å².